The van der Waals surface area contributed by atoms with Crippen molar-refractivity contribution in [3.8, 4) is 5.69 Å². The minimum atomic E-state index is -0.114. The Balaban J connectivity index is 1.65. The van der Waals surface area contributed by atoms with Crippen LogP contribution in [0.1, 0.15) is 15.9 Å². The van der Waals surface area contributed by atoms with E-state index in [9.17, 15) is 4.79 Å². The van der Waals surface area contributed by atoms with Gasteiger partial charge in [0.15, 0.2) is 0 Å². The Bertz CT molecular complexity index is 767. The number of imidazole rings is 1. The lowest BCUT2D eigenvalue weighted by Crippen LogP contribution is -2.22. The van der Waals surface area contributed by atoms with Crippen LogP contribution in [0.15, 0.2) is 67.3 Å². The average molecular weight is 312 g/mol. The van der Waals surface area contributed by atoms with Gasteiger partial charge in [-0.3, -0.25) is 4.79 Å². The first-order valence-corrected chi connectivity index (χ1v) is 7.21. The van der Waals surface area contributed by atoms with E-state index in [-0.39, 0.29) is 5.91 Å². The largest absolute Gasteiger partial charge is 0.348 e. The van der Waals surface area contributed by atoms with Crippen LogP contribution in [0.4, 0.5) is 0 Å². The number of carbonyl (C=O) groups excluding carboxylic acids is 1. The molecule has 2 aromatic carbocycles. The van der Waals surface area contributed by atoms with E-state index in [2.05, 4.69) is 10.3 Å². The SMILES string of the molecule is O=C(NCc1cccc(Cl)c1)c1ccc(-n2ccnc2)cc1. The number of hydrogen-bond donors (Lipinski definition) is 1. The number of benzene rings is 2. The van der Waals surface area contributed by atoms with Crippen LogP contribution in [-0.2, 0) is 6.54 Å². The van der Waals surface area contributed by atoms with Crippen molar-refractivity contribution in [3.63, 3.8) is 0 Å². The van der Waals surface area contributed by atoms with Crippen molar-refractivity contribution >= 4 is 17.5 Å². The first kappa shape index (κ1) is 14.4. The molecule has 0 unspecified atom stereocenters. The van der Waals surface area contributed by atoms with Crippen LogP contribution in [0.2, 0.25) is 5.02 Å². The molecule has 0 aliphatic heterocycles. The van der Waals surface area contributed by atoms with Crippen LogP contribution in [0, 0.1) is 0 Å². The number of nitrogens with one attached hydrogen (secondary N) is 1. The Kier molecular flexibility index (Phi) is 4.21. The van der Waals surface area contributed by atoms with Gasteiger partial charge in [0, 0.05) is 35.2 Å². The highest BCUT2D eigenvalue weighted by atomic mass is 35.5. The number of hydrogen-bond acceptors (Lipinski definition) is 2. The number of nitrogens with zero attached hydrogens (tertiary/aromatic N) is 2. The van der Waals surface area contributed by atoms with Gasteiger partial charge in [0.1, 0.15) is 0 Å². The summed E-state index contributed by atoms with van der Waals surface area (Å²) in [7, 11) is 0. The number of carbonyl (C=O) groups is 1. The first-order valence-electron chi connectivity index (χ1n) is 6.83. The molecule has 0 atom stereocenters. The lowest BCUT2D eigenvalue weighted by molar-refractivity contribution is 0.0951. The van der Waals surface area contributed by atoms with Crippen molar-refractivity contribution in [3.05, 3.63) is 83.4 Å². The zero-order chi connectivity index (χ0) is 15.4. The van der Waals surface area contributed by atoms with Crippen LogP contribution in [0.3, 0.4) is 0 Å². The summed E-state index contributed by atoms with van der Waals surface area (Å²) in [5, 5.41) is 3.54. The van der Waals surface area contributed by atoms with E-state index in [1.54, 1.807) is 24.7 Å². The van der Waals surface area contributed by atoms with Crippen molar-refractivity contribution in [2.45, 2.75) is 6.54 Å². The van der Waals surface area contributed by atoms with E-state index >= 15 is 0 Å². The molecule has 0 bridgehead atoms. The molecule has 0 saturated heterocycles. The molecule has 0 aliphatic carbocycles. The molecule has 1 amide bonds. The summed E-state index contributed by atoms with van der Waals surface area (Å²) in [4.78, 5) is 16.1. The molecule has 4 nitrogen and oxygen atoms in total. The third kappa shape index (κ3) is 3.35. The smallest absolute Gasteiger partial charge is 0.251 e. The second-order valence-electron chi connectivity index (χ2n) is 4.83. The zero-order valence-corrected chi connectivity index (χ0v) is 12.5. The molecule has 110 valence electrons. The standard InChI is InChI=1S/C17H14ClN3O/c18-15-3-1-2-13(10-15)11-20-17(22)14-4-6-16(7-5-14)21-9-8-19-12-21/h1-10,12H,11H2,(H,20,22). The topological polar surface area (TPSA) is 46.9 Å². The molecule has 3 rings (SSSR count). The number of rotatable bonds is 4. The molecule has 1 N–H and O–H groups in total. The second kappa shape index (κ2) is 6.45. The Morgan fingerprint density at radius 3 is 2.68 bits per heavy atom. The van der Waals surface area contributed by atoms with E-state index in [0.29, 0.717) is 17.1 Å². The summed E-state index contributed by atoms with van der Waals surface area (Å²) in [5.74, 6) is -0.114. The Morgan fingerprint density at radius 1 is 1.18 bits per heavy atom. The van der Waals surface area contributed by atoms with Gasteiger partial charge in [0.2, 0.25) is 0 Å². The maximum absolute atomic E-state index is 12.1. The highest BCUT2D eigenvalue weighted by Gasteiger charge is 2.06. The van der Waals surface area contributed by atoms with Gasteiger partial charge < -0.3 is 9.88 Å². The molecule has 0 radical (unpaired) electrons. The Labute approximate surface area is 133 Å². The molecule has 0 spiro atoms. The maximum Gasteiger partial charge on any atom is 0.251 e. The summed E-state index contributed by atoms with van der Waals surface area (Å²) in [5.41, 5.74) is 2.55. The fraction of sp³-hybridized carbons (Fsp3) is 0.0588. The van der Waals surface area contributed by atoms with Crippen LogP contribution in [0.25, 0.3) is 5.69 Å². The van der Waals surface area contributed by atoms with E-state index < -0.39 is 0 Å². The third-order valence-electron chi connectivity index (χ3n) is 3.27. The minimum Gasteiger partial charge on any atom is -0.348 e. The molecule has 1 aromatic heterocycles. The fourth-order valence-corrected chi connectivity index (χ4v) is 2.34. The van der Waals surface area contributed by atoms with Gasteiger partial charge in [-0.2, -0.15) is 0 Å². The van der Waals surface area contributed by atoms with E-state index in [1.807, 2.05) is 47.2 Å². The maximum atomic E-state index is 12.1. The number of halogens is 1. The lowest BCUT2D eigenvalue weighted by atomic mass is 10.1. The molecule has 3 aromatic rings. The predicted molar refractivity (Wildman–Crippen MR) is 86.2 cm³/mol. The van der Waals surface area contributed by atoms with Gasteiger partial charge in [-0.25, -0.2) is 4.98 Å². The van der Waals surface area contributed by atoms with Gasteiger partial charge in [-0.05, 0) is 42.0 Å². The monoisotopic (exact) mass is 311 g/mol. The van der Waals surface area contributed by atoms with Crippen molar-refractivity contribution < 1.29 is 4.79 Å². The first-order chi connectivity index (χ1) is 10.7. The van der Waals surface area contributed by atoms with Crippen molar-refractivity contribution in [2.24, 2.45) is 0 Å². The summed E-state index contributed by atoms with van der Waals surface area (Å²) in [6.07, 6.45) is 5.29. The van der Waals surface area contributed by atoms with Crippen molar-refractivity contribution in [2.75, 3.05) is 0 Å². The summed E-state index contributed by atoms with van der Waals surface area (Å²) < 4.78 is 1.88. The molecule has 1 heterocycles. The highest BCUT2D eigenvalue weighted by Crippen LogP contribution is 2.12. The van der Waals surface area contributed by atoms with Crippen LogP contribution < -0.4 is 5.32 Å². The van der Waals surface area contributed by atoms with Gasteiger partial charge in [0.05, 0.1) is 6.33 Å². The summed E-state index contributed by atoms with van der Waals surface area (Å²) in [6, 6.07) is 14.8. The highest BCUT2D eigenvalue weighted by molar-refractivity contribution is 6.30. The zero-order valence-electron chi connectivity index (χ0n) is 11.7. The molecule has 0 saturated carbocycles. The molecular weight excluding hydrogens is 298 g/mol. The molecule has 5 heteroatoms. The predicted octanol–water partition coefficient (Wildman–Crippen LogP) is 3.46. The second-order valence-corrected chi connectivity index (χ2v) is 5.27. The number of aromatic nitrogens is 2. The molecular formula is C17H14ClN3O. The van der Waals surface area contributed by atoms with Crippen LogP contribution in [0.5, 0.6) is 0 Å². The van der Waals surface area contributed by atoms with E-state index in [4.69, 9.17) is 11.6 Å². The van der Waals surface area contributed by atoms with E-state index in [1.165, 1.54) is 0 Å². The van der Waals surface area contributed by atoms with Crippen LogP contribution >= 0.6 is 11.6 Å². The van der Waals surface area contributed by atoms with Gasteiger partial charge in [-0.1, -0.05) is 23.7 Å². The van der Waals surface area contributed by atoms with Crippen molar-refractivity contribution in [1.82, 2.24) is 14.9 Å². The van der Waals surface area contributed by atoms with Gasteiger partial charge in [0.25, 0.3) is 5.91 Å². The van der Waals surface area contributed by atoms with Crippen LogP contribution in [-0.4, -0.2) is 15.5 Å². The molecule has 22 heavy (non-hydrogen) atoms. The minimum absolute atomic E-state index is 0.114. The average Bonchev–Trinajstić information content (AvgIpc) is 3.07. The normalized spacial score (nSPS) is 10.4. The summed E-state index contributed by atoms with van der Waals surface area (Å²) >= 11 is 5.92. The quantitative estimate of drug-likeness (QED) is 0.802. The van der Waals surface area contributed by atoms with E-state index in [0.717, 1.165) is 11.3 Å². The van der Waals surface area contributed by atoms with Gasteiger partial charge >= 0.3 is 0 Å². The number of amides is 1. The Hall–Kier alpha value is -2.59. The fourth-order valence-electron chi connectivity index (χ4n) is 2.13. The third-order valence-corrected chi connectivity index (χ3v) is 3.51. The summed E-state index contributed by atoms with van der Waals surface area (Å²) in [6.45, 7) is 0.447. The molecule has 0 fully saturated rings. The van der Waals surface area contributed by atoms with Crippen molar-refractivity contribution in [1.29, 1.82) is 0 Å². The Morgan fingerprint density at radius 2 is 2.00 bits per heavy atom. The molecule has 0 aliphatic rings. The van der Waals surface area contributed by atoms with Gasteiger partial charge in [-0.15, -0.1) is 0 Å². The lowest BCUT2D eigenvalue weighted by Gasteiger charge is -2.07.